The maximum Gasteiger partial charge on any atom is 0.337 e. The molecule has 0 radical (unpaired) electrons. The number of fused-ring (bicyclic) bond motifs is 14. The lowest BCUT2D eigenvalue weighted by Crippen LogP contribution is -2.38. The first-order chi connectivity index (χ1) is 40.4. The Morgan fingerprint density at radius 3 is 2.24 bits per heavy atom. The number of hydrogen-bond donors (Lipinski definition) is 7. The van der Waals surface area contributed by atoms with Gasteiger partial charge in [-0.3, -0.25) is 29.0 Å². The Morgan fingerprint density at radius 2 is 1.50 bits per heavy atom. The second-order valence-electron chi connectivity index (χ2n) is 19.3. The second kappa shape index (κ2) is 25.7. The molecular formula is C56H51N13O9S6. The molecule has 1 aliphatic heterocycles. The molecule has 9 heterocycles. The molecule has 0 saturated carbocycles. The van der Waals surface area contributed by atoms with Crippen molar-refractivity contribution >= 4 is 115 Å². The van der Waals surface area contributed by atoms with Gasteiger partial charge in [0.2, 0.25) is 11.8 Å². The smallest absolute Gasteiger partial charge is 0.337 e. The molecule has 7 N–H and O–H groups in total. The van der Waals surface area contributed by atoms with Gasteiger partial charge in [-0.05, 0) is 42.7 Å². The normalized spacial score (nSPS) is 16.3. The van der Waals surface area contributed by atoms with Gasteiger partial charge in [0.05, 0.1) is 52.5 Å². The molecule has 9 aromatic rings. The van der Waals surface area contributed by atoms with E-state index in [-0.39, 0.29) is 78.0 Å². The van der Waals surface area contributed by atoms with E-state index in [4.69, 9.17) is 34.6 Å². The van der Waals surface area contributed by atoms with Crippen LogP contribution in [0.4, 0.5) is 5.82 Å². The predicted molar refractivity (Wildman–Crippen MR) is 322 cm³/mol. The lowest BCUT2D eigenvalue weighted by Gasteiger charge is -2.23. The zero-order valence-electron chi connectivity index (χ0n) is 45.3. The monoisotopic (exact) mass is 1240 g/mol. The molecule has 0 aliphatic carbocycles. The lowest BCUT2D eigenvalue weighted by molar-refractivity contribution is -0.122. The number of aliphatic hydroxyl groups excluding tert-OH is 1. The molecule has 0 saturated heterocycles. The number of pyridine rings is 2. The van der Waals surface area contributed by atoms with Crippen molar-refractivity contribution in [3.63, 3.8) is 0 Å². The quantitative estimate of drug-likeness (QED) is 0.0634. The number of carboxylic acids is 1. The van der Waals surface area contributed by atoms with Crippen LogP contribution in [0.5, 0.6) is 0 Å². The third-order valence-corrected chi connectivity index (χ3v) is 19.0. The number of benzene rings is 1. The van der Waals surface area contributed by atoms with Crippen LogP contribution in [0.2, 0.25) is 0 Å². The molecule has 1 aliphatic rings. The molecule has 4 atom stereocenters. The fraction of sp³-hybridized carbons (Fsp3) is 0.250. The first-order valence-electron chi connectivity index (χ1n) is 25.8. The van der Waals surface area contributed by atoms with Gasteiger partial charge in [-0.15, -0.1) is 68.0 Å². The zero-order chi connectivity index (χ0) is 59.3. The van der Waals surface area contributed by atoms with Crippen LogP contribution >= 0.6 is 68.0 Å². The van der Waals surface area contributed by atoms with Crippen LogP contribution < -0.4 is 26.6 Å². The molecule has 84 heavy (non-hydrogen) atoms. The number of nitrogens with zero attached hydrogens (tertiary/aromatic N) is 8. The minimum Gasteiger partial charge on any atom is -0.478 e. The average Bonchev–Trinajstić information content (AvgIpc) is 3.65. The topological polar surface area (TPSA) is 315 Å². The molecule has 4 amide bonds. The summed E-state index contributed by atoms with van der Waals surface area (Å²) in [4.78, 5) is 120. The maximum absolute atomic E-state index is 14.4. The van der Waals surface area contributed by atoms with Crippen LogP contribution in [-0.4, -0.2) is 106 Å². The summed E-state index contributed by atoms with van der Waals surface area (Å²) in [5, 5.41) is 45.1. The molecule has 0 spiro atoms. The van der Waals surface area contributed by atoms with E-state index in [1.165, 1.54) is 87.2 Å². The van der Waals surface area contributed by atoms with Crippen LogP contribution in [0.15, 0.2) is 88.9 Å². The summed E-state index contributed by atoms with van der Waals surface area (Å²) in [6.07, 6.45) is -0.281. The maximum atomic E-state index is 14.4. The summed E-state index contributed by atoms with van der Waals surface area (Å²) < 4.78 is 5.57. The van der Waals surface area contributed by atoms with Gasteiger partial charge in [-0.25, -0.2) is 39.7 Å². The Morgan fingerprint density at radius 1 is 0.774 bits per heavy atom. The van der Waals surface area contributed by atoms with Crippen molar-refractivity contribution in [1.82, 2.24) is 61.1 Å². The zero-order valence-corrected chi connectivity index (χ0v) is 50.2. The number of rotatable bonds is 11. The van der Waals surface area contributed by atoms with E-state index in [1.807, 2.05) is 19.9 Å². The minimum absolute atomic E-state index is 0.0194. The van der Waals surface area contributed by atoms with Crippen LogP contribution in [0.3, 0.4) is 0 Å². The molecule has 10 bridgehead atoms. The molecule has 0 unspecified atom stereocenters. The Kier molecular flexibility index (Phi) is 18.1. The lowest BCUT2D eigenvalue weighted by atomic mass is 9.90. The highest BCUT2D eigenvalue weighted by atomic mass is 32.1. The number of carboxylic acid groups (broad SMARTS) is 1. The Labute approximate surface area is 503 Å². The van der Waals surface area contributed by atoms with Crippen molar-refractivity contribution in [3.05, 3.63) is 148 Å². The number of Topliss-reactive ketones (excluding diaryl/α,β-unsaturated/α-hetero) is 1. The summed E-state index contributed by atoms with van der Waals surface area (Å²) in [5.74, 6) is -3.73. The van der Waals surface area contributed by atoms with Gasteiger partial charge < -0.3 is 41.5 Å². The van der Waals surface area contributed by atoms with Crippen LogP contribution in [0.25, 0.3) is 49.1 Å². The number of nitrogens with one attached hydrogen (secondary N) is 5. The van der Waals surface area contributed by atoms with Gasteiger partial charge in [0, 0.05) is 64.7 Å². The summed E-state index contributed by atoms with van der Waals surface area (Å²) in [7, 11) is 3.05. The van der Waals surface area contributed by atoms with E-state index < -0.39 is 41.9 Å². The number of carbonyl (C=O) groups is 6. The van der Waals surface area contributed by atoms with Crippen LogP contribution in [0, 0.1) is 12.8 Å². The Balaban J connectivity index is 1.04. The molecule has 0 fully saturated rings. The van der Waals surface area contributed by atoms with Crippen molar-refractivity contribution in [2.75, 3.05) is 26.0 Å². The predicted octanol–water partition coefficient (Wildman–Crippen LogP) is 9.37. The highest BCUT2D eigenvalue weighted by molar-refractivity contribution is 7.15. The summed E-state index contributed by atoms with van der Waals surface area (Å²) in [6.45, 7) is 9.95. The summed E-state index contributed by atoms with van der Waals surface area (Å²) in [5.41, 5.74) is 3.63. The fourth-order valence-corrected chi connectivity index (χ4v) is 14.4. The number of methoxy groups -OCH3 is 1. The molecule has 10 rings (SSSR count). The molecule has 28 heteroatoms. The third kappa shape index (κ3) is 13.1. The average molecular weight is 1240 g/mol. The Hall–Kier alpha value is -8.22. The van der Waals surface area contributed by atoms with Crippen molar-refractivity contribution in [1.29, 1.82) is 0 Å². The molecule has 430 valence electrons. The van der Waals surface area contributed by atoms with Gasteiger partial charge in [0.25, 0.3) is 11.8 Å². The molecular weight excluding hydrogens is 1190 g/mol. The number of aliphatic hydroxyl groups is 1. The van der Waals surface area contributed by atoms with Gasteiger partial charge >= 0.3 is 5.97 Å². The number of ketones is 1. The van der Waals surface area contributed by atoms with E-state index in [0.29, 0.717) is 80.2 Å². The van der Waals surface area contributed by atoms with Crippen molar-refractivity contribution < 1.29 is 43.7 Å². The minimum atomic E-state index is -1.22. The van der Waals surface area contributed by atoms with E-state index in [0.717, 1.165) is 11.1 Å². The highest BCUT2D eigenvalue weighted by Crippen LogP contribution is 2.41. The first kappa shape index (κ1) is 59.0. The highest BCUT2D eigenvalue weighted by Gasteiger charge is 2.33. The van der Waals surface area contributed by atoms with E-state index in [9.17, 15) is 39.0 Å². The van der Waals surface area contributed by atoms with E-state index in [2.05, 4.69) is 43.1 Å². The first-order valence-corrected chi connectivity index (χ1v) is 30.9. The number of hydrogen-bond acceptors (Lipinski definition) is 23. The second-order valence-corrected chi connectivity index (χ2v) is 25.1. The number of aromatic carboxylic acids is 1. The molecule has 1 aromatic carbocycles. The standard InChI is InChI=1S/C56H51N13O9S6/c1-25(2)31-16-38(70)44-27(4)83-54(69-44)34(17-41(71)57-5)61-49(75)36-22-79-50(63-36)30-13-15-33(52-66-40(24-82-52)65-48(74)32-14-12-29(18-59-32)56(76)77)60-45(30)35-21-80-53(62-35)37-23-81-55(64-37)46(47(73)28-10-8-7-9-11-28)67-42(72)19-58-26(3)43-39(20-78-6)84-51(31)68-43/h7-15,18,21-25,31,34,46-47,58,73H,3,16-17,19-20H2,1-2,4-6H3,(H,57,71)(H,61,75)(H,65,74)(H,67,72)(H,76,77)/t31-,34+,46+,47+/m1/s1. The Bertz CT molecular complexity index is 3960. The number of amides is 4. The number of anilines is 1. The van der Waals surface area contributed by atoms with Gasteiger partial charge in [-0.1, -0.05) is 50.8 Å². The number of aromatic nitrogens is 8. The summed E-state index contributed by atoms with van der Waals surface area (Å²) in [6, 6.07) is 13.0. The SMILES string of the molecule is C=C1NCC(=O)N[C@@H]([C@@H](O)c2ccccc2)c2nc(cs2)-c2nc(cs2)-c2nc(-c3nc(NC(=O)c4ccc(C(=O)O)cn4)cs3)ccc2-c2nc(cs2)C(=O)N[C@@H](CC(=O)NC)c2nc(c(C)s2)C(=O)C[C@H](C(C)C)c2nc1c(COC)s2. The van der Waals surface area contributed by atoms with E-state index in [1.54, 1.807) is 72.0 Å². The van der Waals surface area contributed by atoms with Crippen LogP contribution in [-0.2, 0) is 20.9 Å². The number of aryl methyl sites for hydroxylation is 1. The largest absolute Gasteiger partial charge is 0.478 e. The van der Waals surface area contributed by atoms with Gasteiger partial charge in [-0.2, -0.15) is 0 Å². The molecule has 8 aromatic heterocycles. The number of thiazole rings is 6. The summed E-state index contributed by atoms with van der Waals surface area (Å²) >= 11 is 7.47. The molecule has 22 nitrogen and oxygen atoms in total. The van der Waals surface area contributed by atoms with Crippen molar-refractivity contribution in [2.24, 2.45) is 5.92 Å². The van der Waals surface area contributed by atoms with Crippen LogP contribution in [0.1, 0.15) is 129 Å². The third-order valence-electron chi connectivity index (χ3n) is 13.2. The number of carbonyl (C=O) groups excluding carboxylic acids is 5. The fourth-order valence-electron chi connectivity index (χ4n) is 8.82. The van der Waals surface area contributed by atoms with Gasteiger partial charge in [0.15, 0.2) is 5.78 Å². The number of ether oxygens (including phenoxy) is 1. The van der Waals surface area contributed by atoms with Crippen molar-refractivity contribution in [2.45, 2.75) is 64.3 Å². The van der Waals surface area contributed by atoms with Gasteiger partial charge in [0.1, 0.15) is 82.9 Å². The van der Waals surface area contributed by atoms with E-state index >= 15 is 0 Å². The van der Waals surface area contributed by atoms with Crippen molar-refractivity contribution in [3.8, 4) is 43.4 Å².